The SMILES string of the molecule is CCc1cnc(CNC(C)c2ccc(F)c(F)c2)s1. The van der Waals surface area contributed by atoms with Gasteiger partial charge in [0.25, 0.3) is 0 Å². The Labute approximate surface area is 115 Å². The molecule has 2 nitrogen and oxygen atoms in total. The van der Waals surface area contributed by atoms with Gasteiger partial charge < -0.3 is 5.32 Å². The van der Waals surface area contributed by atoms with Crippen molar-refractivity contribution in [1.82, 2.24) is 10.3 Å². The van der Waals surface area contributed by atoms with E-state index in [9.17, 15) is 8.78 Å². The van der Waals surface area contributed by atoms with Gasteiger partial charge >= 0.3 is 0 Å². The number of benzene rings is 1. The molecule has 0 fully saturated rings. The molecule has 19 heavy (non-hydrogen) atoms. The first-order valence-corrected chi connectivity index (χ1v) is 7.03. The summed E-state index contributed by atoms with van der Waals surface area (Å²) in [7, 11) is 0. The molecule has 1 aromatic heterocycles. The average Bonchev–Trinajstić information content (AvgIpc) is 2.87. The van der Waals surface area contributed by atoms with Crippen LogP contribution in [-0.4, -0.2) is 4.98 Å². The average molecular weight is 282 g/mol. The summed E-state index contributed by atoms with van der Waals surface area (Å²) in [6.45, 7) is 4.64. The Kier molecular flexibility index (Phi) is 4.61. The highest BCUT2D eigenvalue weighted by atomic mass is 32.1. The van der Waals surface area contributed by atoms with E-state index in [4.69, 9.17) is 0 Å². The molecule has 0 saturated carbocycles. The monoisotopic (exact) mass is 282 g/mol. The lowest BCUT2D eigenvalue weighted by molar-refractivity contribution is 0.500. The quantitative estimate of drug-likeness (QED) is 0.901. The third kappa shape index (κ3) is 3.58. The fourth-order valence-corrected chi connectivity index (χ4v) is 2.55. The second-order valence-corrected chi connectivity index (χ2v) is 5.55. The first-order valence-electron chi connectivity index (χ1n) is 6.22. The van der Waals surface area contributed by atoms with Crippen LogP contribution in [0, 0.1) is 11.6 Å². The van der Waals surface area contributed by atoms with E-state index >= 15 is 0 Å². The van der Waals surface area contributed by atoms with E-state index in [-0.39, 0.29) is 6.04 Å². The smallest absolute Gasteiger partial charge is 0.159 e. The molecule has 1 heterocycles. The Bertz CT molecular complexity index is 554. The molecule has 0 saturated heterocycles. The van der Waals surface area contributed by atoms with Gasteiger partial charge in [-0.1, -0.05) is 13.0 Å². The van der Waals surface area contributed by atoms with Crippen LogP contribution in [0.3, 0.4) is 0 Å². The molecule has 0 aliphatic heterocycles. The van der Waals surface area contributed by atoms with Crippen molar-refractivity contribution < 1.29 is 8.78 Å². The lowest BCUT2D eigenvalue weighted by atomic mass is 10.1. The topological polar surface area (TPSA) is 24.9 Å². The first-order chi connectivity index (χ1) is 9.10. The van der Waals surface area contributed by atoms with Crippen LogP contribution in [0.2, 0.25) is 0 Å². The highest BCUT2D eigenvalue weighted by Gasteiger charge is 2.09. The molecule has 0 bridgehead atoms. The Morgan fingerprint density at radius 3 is 2.74 bits per heavy atom. The minimum absolute atomic E-state index is 0.0518. The van der Waals surface area contributed by atoms with E-state index in [1.165, 1.54) is 10.9 Å². The van der Waals surface area contributed by atoms with Gasteiger partial charge in [0.15, 0.2) is 11.6 Å². The van der Waals surface area contributed by atoms with Gasteiger partial charge in [0.2, 0.25) is 0 Å². The zero-order valence-corrected chi connectivity index (χ0v) is 11.7. The molecule has 0 aliphatic carbocycles. The van der Waals surface area contributed by atoms with Gasteiger partial charge in [-0.3, -0.25) is 0 Å². The van der Waals surface area contributed by atoms with Crippen LogP contribution < -0.4 is 5.32 Å². The fraction of sp³-hybridized carbons (Fsp3) is 0.357. The Hall–Kier alpha value is -1.33. The predicted octanol–water partition coefficient (Wildman–Crippen LogP) is 3.83. The van der Waals surface area contributed by atoms with Gasteiger partial charge in [0.1, 0.15) is 5.01 Å². The van der Waals surface area contributed by atoms with Crippen molar-refractivity contribution in [2.45, 2.75) is 32.9 Å². The predicted molar refractivity (Wildman–Crippen MR) is 73.1 cm³/mol. The van der Waals surface area contributed by atoms with E-state index in [2.05, 4.69) is 17.2 Å². The number of aryl methyl sites for hydroxylation is 1. The normalized spacial score (nSPS) is 12.6. The zero-order chi connectivity index (χ0) is 13.8. The van der Waals surface area contributed by atoms with E-state index in [1.54, 1.807) is 17.4 Å². The van der Waals surface area contributed by atoms with Gasteiger partial charge in [-0.05, 0) is 31.0 Å². The van der Waals surface area contributed by atoms with Crippen LogP contribution in [-0.2, 0) is 13.0 Å². The molecular weight excluding hydrogens is 266 g/mol. The van der Waals surface area contributed by atoms with Crippen LogP contribution in [0.25, 0.3) is 0 Å². The lowest BCUT2D eigenvalue weighted by Crippen LogP contribution is -2.18. The van der Waals surface area contributed by atoms with E-state index in [0.717, 1.165) is 23.1 Å². The second kappa shape index (κ2) is 6.21. The lowest BCUT2D eigenvalue weighted by Gasteiger charge is -2.13. The third-order valence-electron chi connectivity index (χ3n) is 2.95. The third-order valence-corrected chi connectivity index (χ3v) is 4.09. The van der Waals surface area contributed by atoms with Crippen molar-refractivity contribution in [2.24, 2.45) is 0 Å². The molecule has 5 heteroatoms. The second-order valence-electron chi connectivity index (χ2n) is 4.35. The molecule has 2 rings (SSSR count). The molecular formula is C14H16F2N2S. The van der Waals surface area contributed by atoms with E-state index < -0.39 is 11.6 Å². The Morgan fingerprint density at radius 1 is 1.32 bits per heavy atom. The van der Waals surface area contributed by atoms with Crippen molar-refractivity contribution in [3.63, 3.8) is 0 Å². The van der Waals surface area contributed by atoms with Crippen LogP contribution in [0.15, 0.2) is 24.4 Å². The summed E-state index contributed by atoms with van der Waals surface area (Å²) in [5, 5.41) is 4.26. The summed E-state index contributed by atoms with van der Waals surface area (Å²) in [5.41, 5.74) is 0.728. The summed E-state index contributed by atoms with van der Waals surface area (Å²) in [4.78, 5) is 5.55. The van der Waals surface area contributed by atoms with Crippen molar-refractivity contribution in [3.8, 4) is 0 Å². The summed E-state index contributed by atoms with van der Waals surface area (Å²) in [6.07, 6.45) is 2.86. The van der Waals surface area contributed by atoms with Gasteiger partial charge in [-0.15, -0.1) is 11.3 Å². The maximum Gasteiger partial charge on any atom is 0.159 e. The standard InChI is InChI=1S/C14H16F2N2S/c1-3-11-7-18-14(19-11)8-17-9(2)10-4-5-12(15)13(16)6-10/h4-7,9,17H,3,8H2,1-2H3. The summed E-state index contributed by atoms with van der Waals surface area (Å²) >= 11 is 1.67. The summed E-state index contributed by atoms with van der Waals surface area (Å²) in [5.74, 6) is -1.63. The van der Waals surface area contributed by atoms with Gasteiger partial charge in [0.05, 0.1) is 0 Å². The molecule has 102 valence electrons. The number of aromatic nitrogens is 1. The molecule has 1 N–H and O–H groups in total. The number of rotatable bonds is 5. The van der Waals surface area contributed by atoms with Gasteiger partial charge in [-0.2, -0.15) is 0 Å². The van der Waals surface area contributed by atoms with Crippen molar-refractivity contribution >= 4 is 11.3 Å². The Morgan fingerprint density at radius 2 is 2.11 bits per heavy atom. The number of halogens is 2. The highest BCUT2D eigenvalue weighted by Crippen LogP contribution is 2.18. The highest BCUT2D eigenvalue weighted by molar-refractivity contribution is 7.11. The van der Waals surface area contributed by atoms with E-state index in [1.807, 2.05) is 13.1 Å². The van der Waals surface area contributed by atoms with Gasteiger partial charge in [-0.25, -0.2) is 13.8 Å². The molecule has 0 spiro atoms. The van der Waals surface area contributed by atoms with Crippen molar-refractivity contribution in [1.29, 1.82) is 0 Å². The summed E-state index contributed by atoms with van der Waals surface area (Å²) in [6, 6.07) is 3.92. The fourth-order valence-electron chi connectivity index (χ4n) is 1.73. The minimum Gasteiger partial charge on any atom is -0.304 e. The van der Waals surface area contributed by atoms with Gasteiger partial charge in [0, 0.05) is 23.7 Å². The Balaban J connectivity index is 1.96. The minimum atomic E-state index is -0.816. The molecule has 0 aliphatic rings. The number of hydrogen-bond donors (Lipinski definition) is 1. The first kappa shape index (κ1) is 14.1. The maximum absolute atomic E-state index is 13.1. The molecule has 1 unspecified atom stereocenters. The van der Waals surface area contributed by atoms with E-state index in [0.29, 0.717) is 6.54 Å². The van der Waals surface area contributed by atoms with Crippen molar-refractivity contribution in [2.75, 3.05) is 0 Å². The number of hydrogen-bond acceptors (Lipinski definition) is 3. The van der Waals surface area contributed by atoms with Crippen molar-refractivity contribution in [3.05, 3.63) is 51.5 Å². The molecule has 1 aromatic carbocycles. The zero-order valence-electron chi connectivity index (χ0n) is 10.9. The molecule has 1 atom stereocenters. The van der Waals surface area contributed by atoms with Crippen LogP contribution in [0.1, 0.15) is 35.3 Å². The number of nitrogens with one attached hydrogen (secondary N) is 1. The molecule has 0 amide bonds. The largest absolute Gasteiger partial charge is 0.304 e. The summed E-state index contributed by atoms with van der Waals surface area (Å²) < 4.78 is 26.0. The maximum atomic E-state index is 13.1. The van der Waals surface area contributed by atoms with Crippen LogP contribution >= 0.6 is 11.3 Å². The van der Waals surface area contributed by atoms with Crippen LogP contribution in [0.4, 0.5) is 8.78 Å². The number of nitrogens with zero attached hydrogens (tertiary/aromatic N) is 1. The van der Waals surface area contributed by atoms with Crippen LogP contribution in [0.5, 0.6) is 0 Å². The molecule has 0 radical (unpaired) electrons. The number of thiazole rings is 1. The molecule has 2 aromatic rings.